The first-order valence-corrected chi connectivity index (χ1v) is 7.45. The van der Waals surface area contributed by atoms with Gasteiger partial charge >= 0.3 is 5.97 Å². The van der Waals surface area contributed by atoms with Crippen molar-refractivity contribution in [2.24, 2.45) is 11.5 Å². The molecule has 0 bridgehead atoms. The van der Waals surface area contributed by atoms with Crippen LogP contribution in [0.3, 0.4) is 0 Å². The molecule has 0 aromatic carbocycles. The molecular weight excluding hydrogens is 304 g/mol. The number of rotatable bonds is 6. The van der Waals surface area contributed by atoms with Crippen molar-refractivity contribution in [3.63, 3.8) is 0 Å². The lowest BCUT2D eigenvalue weighted by molar-refractivity contribution is -0.207. The summed E-state index contributed by atoms with van der Waals surface area (Å²) in [4.78, 5) is 10.6. The van der Waals surface area contributed by atoms with Crippen LogP contribution < -0.4 is 11.5 Å². The third kappa shape index (κ3) is 4.50. The maximum absolute atomic E-state index is 10.6. The fraction of sp³-hybridized carbons (Fsp3) is 0.909. The highest BCUT2D eigenvalue weighted by molar-refractivity contribution is 7.99. The third-order valence-corrected chi connectivity index (χ3v) is 4.57. The summed E-state index contributed by atoms with van der Waals surface area (Å²) in [5.41, 5.74) is 10.0. The monoisotopic (exact) mass is 326 g/mol. The molecule has 3 unspecified atom stereocenters. The van der Waals surface area contributed by atoms with Crippen molar-refractivity contribution in [1.82, 2.24) is 0 Å². The Morgan fingerprint density at radius 3 is 2.29 bits per heavy atom. The number of ether oxygens (including phenoxy) is 1. The predicted molar refractivity (Wildman–Crippen MR) is 74.4 cm³/mol. The maximum Gasteiger partial charge on any atom is 0.321 e. The van der Waals surface area contributed by atoms with Gasteiger partial charge in [0, 0.05) is 5.75 Å². The van der Waals surface area contributed by atoms with Crippen LogP contribution in [0, 0.1) is 0 Å². The molecule has 1 rings (SSSR count). The molecule has 21 heavy (non-hydrogen) atoms. The van der Waals surface area contributed by atoms with Crippen molar-refractivity contribution in [3.05, 3.63) is 0 Å². The summed E-state index contributed by atoms with van der Waals surface area (Å²) in [5.74, 6) is -1.26. The second kappa shape index (κ2) is 7.70. The van der Waals surface area contributed by atoms with E-state index in [2.05, 4.69) is 0 Å². The van der Waals surface area contributed by atoms with E-state index < -0.39 is 54.0 Å². The maximum atomic E-state index is 10.6. The zero-order valence-electron chi connectivity index (χ0n) is 11.4. The molecule has 8 atom stereocenters. The van der Waals surface area contributed by atoms with E-state index in [0.717, 1.165) is 11.8 Å². The zero-order valence-corrected chi connectivity index (χ0v) is 12.3. The van der Waals surface area contributed by atoms with Crippen LogP contribution in [0.4, 0.5) is 0 Å². The van der Waals surface area contributed by atoms with Gasteiger partial charge in [0.25, 0.3) is 0 Å². The van der Waals surface area contributed by atoms with E-state index in [9.17, 15) is 25.2 Å². The van der Waals surface area contributed by atoms with Crippen LogP contribution in [-0.4, -0.2) is 85.3 Å². The van der Waals surface area contributed by atoms with Crippen molar-refractivity contribution in [1.29, 1.82) is 0 Å². The Labute approximate surface area is 125 Å². The van der Waals surface area contributed by atoms with E-state index in [-0.39, 0.29) is 5.75 Å². The van der Waals surface area contributed by atoms with E-state index in [4.69, 9.17) is 21.3 Å². The largest absolute Gasteiger partial charge is 0.480 e. The van der Waals surface area contributed by atoms with Gasteiger partial charge in [-0.1, -0.05) is 0 Å². The molecule has 0 spiro atoms. The fourth-order valence-corrected chi connectivity index (χ4v) is 2.98. The van der Waals surface area contributed by atoms with Crippen LogP contribution in [0.1, 0.15) is 6.92 Å². The Balaban J connectivity index is 2.73. The lowest BCUT2D eigenvalue weighted by Gasteiger charge is -2.43. The smallest absolute Gasteiger partial charge is 0.321 e. The van der Waals surface area contributed by atoms with Gasteiger partial charge in [-0.3, -0.25) is 4.79 Å². The average Bonchev–Trinajstić information content (AvgIpc) is 2.42. The summed E-state index contributed by atoms with van der Waals surface area (Å²) in [7, 11) is 0. The van der Waals surface area contributed by atoms with Crippen LogP contribution in [0.15, 0.2) is 0 Å². The molecule has 0 radical (unpaired) electrons. The highest BCUT2D eigenvalue weighted by atomic mass is 32.2. The molecule has 1 fully saturated rings. The fourth-order valence-electron chi connectivity index (χ4n) is 1.87. The molecule has 10 heteroatoms. The second-order valence-corrected chi connectivity index (χ2v) is 6.17. The number of hydrogen-bond donors (Lipinski definition) is 7. The standard InChI is InChI=1S/C11H22N2O7S/c1-3(14)5(13)9-7(16)6(15)8(17)11(20-9)21-2-4(12)10(18)19/h3-9,11,14-17H,2,12-13H2,1H3,(H,18,19)/t3-,4+,5-,6?,7-,8?,9?,11-/m1/s1. The molecule has 0 aliphatic carbocycles. The molecule has 124 valence electrons. The number of aliphatic carboxylic acids is 1. The van der Waals surface area contributed by atoms with Crippen molar-refractivity contribution in [2.75, 3.05) is 5.75 Å². The number of hydrogen-bond acceptors (Lipinski definition) is 9. The number of aliphatic hydroxyl groups is 4. The number of aliphatic hydroxyl groups excluding tert-OH is 4. The number of thioether (sulfide) groups is 1. The summed E-state index contributed by atoms with van der Waals surface area (Å²) in [6, 6.07) is -2.13. The first-order valence-electron chi connectivity index (χ1n) is 6.40. The zero-order chi connectivity index (χ0) is 16.3. The molecular formula is C11H22N2O7S. The molecule has 1 aliphatic heterocycles. The minimum atomic E-state index is -1.52. The molecule has 9 N–H and O–H groups in total. The highest BCUT2D eigenvalue weighted by Crippen LogP contribution is 2.30. The molecule has 1 heterocycles. The van der Waals surface area contributed by atoms with Gasteiger partial charge in [-0.05, 0) is 6.92 Å². The molecule has 9 nitrogen and oxygen atoms in total. The van der Waals surface area contributed by atoms with Crippen LogP contribution in [0.5, 0.6) is 0 Å². The number of carbonyl (C=O) groups is 1. The highest BCUT2D eigenvalue weighted by Gasteiger charge is 2.46. The van der Waals surface area contributed by atoms with Crippen molar-refractivity contribution in [2.45, 2.75) is 55.0 Å². The summed E-state index contributed by atoms with van der Waals surface area (Å²) >= 11 is 0.894. The van der Waals surface area contributed by atoms with Crippen LogP contribution in [0.25, 0.3) is 0 Å². The summed E-state index contributed by atoms with van der Waals surface area (Å²) in [5, 5.41) is 47.7. The third-order valence-electron chi connectivity index (χ3n) is 3.30. The van der Waals surface area contributed by atoms with Crippen molar-refractivity contribution >= 4 is 17.7 Å². The van der Waals surface area contributed by atoms with E-state index >= 15 is 0 Å². The van der Waals surface area contributed by atoms with Gasteiger partial charge in [0.2, 0.25) is 0 Å². The van der Waals surface area contributed by atoms with E-state index in [1.807, 2.05) is 0 Å². The Bertz CT molecular complexity index is 359. The van der Waals surface area contributed by atoms with Crippen LogP contribution in [-0.2, 0) is 9.53 Å². The number of nitrogens with two attached hydrogens (primary N) is 2. The molecule has 0 saturated carbocycles. The first-order chi connectivity index (χ1) is 9.66. The van der Waals surface area contributed by atoms with Gasteiger partial charge < -0.3 is 41.7 Å². The molecule has 0 aromatic rings. The normalized spacial score (nSPS) is 37.8. The Kier molecular flexibility index (Phi) is 6.81. The molecule has 1 aliphatic rings. The Morgan fingerprint density at radius 2 is 1.81 bits per heavy atom. The van der Waals surface area contributed by atoms with Gasteiger partial charge in [0.1, 0.15) is 35.9 Å². The lowest BCUT2D eigenvalue weighted by Crippen LogP contribution is -2.63. The Morgan fingerprint density at radius 1 is 1.24 bits per heavy atom. The van der Waals surface area contributed by atoms with Gasteiger partial charge in [-0.25, -0.2) is 0 Å². The van der Waals surface area contributed by atoms with Crippen molar-refractivity contribution in [3.8, 4) is 0 Å². The van der Waals surface area contributed by atoms with Crippen molar-refractivity contribution < 1.29 is 35.1 Å². The van der Waals surface area contributed by atoms with E-state index in [1.165, 1.54) is 6.92 Å². The minimum absolute atomic E-state index is 0.0590. The SMILES string of the molecule is C[C@@H](O)[C@@H](N)C1O[C@H](SC[C@H](N)C(=O)O)C(O)C(O)[C@H]1O. The summed E-state index contributed by atoms with van der Waals surface area (Å²) in [6.45, 7) is 1.40. The van der Waals surface area contributed by atoms with Crippen LogP contribution >= 0.6 is 11.8 Å². The lowest BCUT2D eigenvalue weighted by atomic mass is 9.93. The van der Waals surface area contributed by atoms with E-state index in [1.54, 1.807) is 0 Å². The average molecular weight is 326 g/mol. The number of carboxylic acid groups (broad SMARTS) is 1. The molecule has 1 saturated heterocycles. The van der Waals surface area contributed by atoms with E-state index in [0.29, 0.717) is 0 Å². The number of carboxylic acids is 1. The van der Waals surface area contributed by atoms with Gasteiger partial charge in [-0.2, -0.15) is 0 Å². The van der Waals surface area contributed by atoms with Gasteiger partial charge in [0.15, 0.2) is 0 Å². The molecule has 0 aromatic heterocycles. The summed E-state index contributed by atoms with van der Waals surface area (Å²) < 4.78 is 5.40. The predicted octanol–water partition coefficient (Wildman–Crippen LogP) is -3.35. The molecule has 0 amide bonds. The quantitative estimate of drug-likeness (QED) is 0.260. The second-order valence-electron chi connectivity index (χ2n) is 5.04. The van der Waals surface area contributed by atoms with Crippen LogP contribution in [0.2, 0.25) is 0 Å². The first kappa shape index (κ1) is 18.6. The Hall–Kier alpha value is -0.460. The van der Waals surface area contributed by atoms with Gasteiger partial charge in [0.05, 0.1) is 12.1 Å². The minimum Gasteiger partial charge on any atom is -0.480 e. The van der Waals surface area contributed by atoms with Gasteiger partial charge in [-0.15, -0.1) is 11.8 Å². The topological polar surface area (TPSA) is 179 Å². The summed E-state index contributed by atoms with van der Waals surface area (Å²) in [6.07, 6.45) is -6.51.